The van der Waals surface area contributed by atoms with Crippen LogP contribution >= 0.6 is 11.8 Å². The average molecular weight is 337 g/mol. The van der Waals surface area contributed by atoms with Crippen molar-refractivity contribution in [3.63, 3.8) is 0 Å². The first-order chi connectivity index (χ1) is 11.8. The second-order valence-corrected chi connectivity index (χ2v) is 5.67. The largest absolute Gasteiger partial charge is 0.492 e. The van der Waals surface area contributed by atoms with Crippen molar-refractivity contribution in [3.05, 3.63) is 48.8 Å². The van der Waals surface area contributed by atoms with Crippen molar-refractivity contribution in [2.75, 3.05) is 12.4 Å². The molecule has 2 heterocycles. The van der Waals surface area contributed by atoms with E-state index in [4.69, 9.17) is 10.00 Å². The number of thioether (sulfide) groups is 1. The van der Waals surface area contributed by atoms with Crippen molar-refractivity contribution in [1.29, 1.82) is 5.26 Å². The first-order valence-corrected chi connectivity index (χ1v) is 8.41. The highest BCUT2D eigenvalue weighted by Crippen LogP contribution is 2.32. The van der Waals surface area contributed by atoms with Crippen LogP contribution in [0.2, 0.25) is 0 Å². The number of hydrogen-bond acceptors (Lipinski definition) is 6. The van der Waals surface area contributed by atoms with Gasteiger partial charge in [-0.3, -0.25) is 9.55 Å². The van der Waals surface area contributed by atoms with Crippen LogP contribution in [0.4, 0.5) is 0 Å². The molecular weight excluding hydrogens is 322 g/mol. The maximum absolute atomic E-state index is 8.89. The molecule has 0 saturated heterocycles. The molecule has 2 aromatic heterocycles. The fourth-order valence-electron chi connectivity index (χ4n) is 2.28. The molecule has 0 fully saturated rings. The van der Waals surface area contributed by atoms with Crippen LogP contribution in [0.5, 0.6) is 5.75 Å². The minimum absolute atomic E-state index is 0.294. The Morgan fingerprint density at radius 1 is 1.21 bits per heavy atom. The van der Waals surface area contributed by atoms with Gasteiger partial charge >= 0.3 is 0 Å². The van der Waals surface area contributed by atoms with Gasteiger partial charge in [-0.1, -0.05) is 23.9 Å². The molecular formula is C17H15N5OS. The van der Waals surface area contributed by atoms with Crippen LogP contribution in [-0.4, -0.2) is 32.1 Å². The first kappa shape index (κ1) is 16.0. The quantitative estimate of drug-likeness (QED) is 0.642. The zero-order chi connectivity index (χ0) is 16.8. The van der Waals surface area contributed by atoms with Crippen molar-refractivity contribution in [3.8, 4) is 28.9 Å². The van der Waals surface area contributed by atoms with Gasteiger partial charge in [-0.15, -0.1) is 10.2 Å². The molecule has 24 heavy (non-hydrogen) atoms. The number of nitriles is 1. The van der Waals surface area contributed by atoms with Crippen LogP contribution in [-0.2, 0) is 0 Å². The molecule has 0 bridgehead atoms. The molecule has 1 aromatic carbocycles. The Kier molecular flexibility index (Phi) is 5.08. The Balaban J connectivity index is 2.17. The van der Waals surface area contributed by atoms with Crippen molar-refractivity contribution in [1.82, 2.24) is 19.7 Å². The van der Waals surface area contributed by atoms with E-state index in [1.165, 1.54) is 11.8 Å². The number of ether oxygens (including phenoxy) is 1. The van der Waals surface area contributed by atoms with Crippen molar-refractivity contribution in [2.45, 2.75) is 12.1 Å². The highest BCUT2D eigenvalue weighted by atomic mass is 32.2. The number of rotatable bonds is 6. The van der Waals surface area contributed by atoms with Gasteiger partial charge in [0.25, 0.3) is 0 Å². The van der Waals surface area contributed by atoms with E-state index in [1.54, 1.807) is 12.4 Å². The molecule has 120 valence electrons. The highest BCUT2D eigenvalue weighted by Gasteiger charge is 2.18. The normalized spacial score (nSPS) is 10.3. The number of benzene rings is 1. The van der Waals surface area contributed by atoms with Gasteiger partial charge in [0.15, 0.2) is 11.0 Å². The molecule has 0 radical (unpaired) electrons. The van der Waals surface area contributed by atoms with Gasteiger partial charge < -0.3 is 4.74 Å². The van der Waals surface area contributed by atoms with Crippen molar-refractivity contribution in [2.24, 2.45) is 0 Å². The smallest absolute Gasteiger partial charge is 0.197 e. The molecule has 6 nitrogen and oxygen atoms in total. The zero-order valence-corrected chi connectivity index (χ0v) is 13.9. The van der Waals surface area contributed by atoms with E-state index in [0.717, 1.165) is 17.0 Å². The zero-order valence-electron chi connectivity index (χ0n) is 13.1. The summed E-state index contributed by atoms with van der Waals surface area (Å²) in [6, 6.07) is 13.6. The maximum Gasteiger partial charge on any atom is 0.197 e. The van der Waals surface area contributed by atoms with Gasteiger partial charge in [0.2, 0.25) is 0 Å². The van der Waals surface area contributed by atoms with E-state index >= 15 is 0 Å². The lowest BCUT2D eigenvalue weighted by Gasteiger charge is -2.14. The van der Waals surface area contributed by atoms with Gasteiger partial charge in [0.05, 0.1) is 24.1 Å². The molecule has 0 aliphatic rings. The van der Waals surface area contributed by atoms with E-state index in [1.807, 2.05) is 47.9 Å². The summed E-state index contributed by atoms with van der Waals surface area (Å²) in [6.45, 7) is 2.50. The van der Waals surface area contributed by atoms with Gasteiger partial charge in [0, 0.05) is 18.0 Å². The van der Waals surface area contributed by atoms with Crippen LogP contribution < -0.4 is 4.74 Å². The summed E-state index contributed by atoms with van der Waals surface area (Å²) in [6.07, 6.45) is 3.45. The van der Waals surface area contributed by atoms with Crippen LogP contribution in [0.25, 0.3) is 17.1 Å². The van der Waals surface area contributed by atoms with Crippen molar-refractivity contribution < 1.29 is 4.74 Å². The maximum atomic E-state index is 8.89. The molecule has 0 aliphatic carbocycles. The lowest BCUT2D eigenvalue weighted by Crippen LogP contribution is -2.04. The van der Waals surface area contributed by atoms with E-state index in [-0.39, 0.29) is 0 Å². The Morgan fingerprint density at radius 3 is 2.83 bits per heavy atom. The lowest BCUT2D eigenvalue weighted by atomic mass is 10.2. The fraction of sp³-hybridized carbons (Fsp3) is 0.176. The van der Waals surface area contributed by atoms with E-state index < -0.39 is 0 Å². The lowest BCUT2D eigenvalue weighted by molar-refractivity contribution is 0.338. The van der Waals surface area contributed by atoms with Crippen LogP contribution in [0.15, 0.2) is 53.9 Å². The molecule has 0 N–H and O–H groups in total. The minimum atomic E-state index is 0.294. The summed E-state index contributed by atoms with van der Waals surface area (Å²) in [5.41, 5.74) is 1.68. The third kappa shape index (κ3) is 3.24. The Hall–Kier alpha value is -2.85. The summed E-state index contributed by atoms with van der Waals surface area (Å²) in [5.74, 6) is 1.70. The van der Waals surface area contributed by atoms with Gasteiger partial charge in [-0.2, -0.15) is 5.26 Å². The van der Waals surface area contributed by atoms with E-state index in [0.29, 0.717) is 23.3 Å². The van der Waals surface area contributed by atoms with Gasteiger partial charge in [-0.25, -0.2) is 0 Å². The summed E-state index contributed by atoms with van der Waals surface area (Å²) in [7, 11) is 0. The van der Waals surface area contributed by atoms with Gasteiger partial charge in [0.1, 0.15) is 5.75 Å². The minimum Gasteiger partial charge on any atom is -0.492 e. The second kappa shape index (κ2) is 7.62. The molecule has 0 spiro atoms. The molecule has 7 heteroatoms. The van der Waals surface area contributed by atoms with Crippen molar-refractivity contribution >= 4 is 11.8 Å². The summed E-state index contributed by atoms with van der Waals surface area (Å²) >= 11 is 1.34. The SMILES string of the molecule is CCOc1ccccc1-n1c(SCC#N)nnc1-c1cccnc1. The molecule has 0 amide bonds. The molecule has 0 aliphatic heterocycles. The Labute approximate surface area is 144 Å². The number of para-hydroxylation sites is 2. The monoisotopic (exact) mass is 337 g/mol. The highest BCUT2D eigenvalue weighted by molar-refractivity contribution is 7.99. The topological polar surface area (TPSA) is 76.6 Å². The van der Waals surface area contributed by atoms with Gasteiger partial charge in [-0.05, 0) is 31.2 Å². The Morgan fingerprint density at radius 2 is 2.08 bits per heavy atom. The predicted octanol–water partition coefficient (Wildman–Crippen LogP) is 3.34. The fourth-order valence-corrected chi connectivity index (χ4v) is 2.88. The number of nitrogens with zero attached hydrogens (tertiary/aromatic N) is 5. The van der Waals surface area contributed by atoms with Crippen LogP contribution in [0.3, 0.4) is 0 Å². The van der Waals surface area contributed by atoms with Crippen LogP contribution in [0.1, 0.15) is 6.92 Å². The van der Waals surface area contributed by atoms with E-state index in [9.17, 15) is 0 Å². The number of pyridine rings is 1. The summed E-state index contributed by atoms with van der Waals surface area (Å²) < 4.78 is 7.65. The summed E-state index contributed by atoms with van der Waals surface area (Å²) in [4.78, 5) is 4.15. The Bertz CT molecular complexity index is 857. The number of aromatic nitrogens is 4. The molecule has 3 aromatic rings. The molecule has 3 rings (SSSR count). The first-order valence-electron chi connectivity index (χ1n) is 7.43. The molecule has 0 saturated carbocycles. The molecule has 0 unspecified atom stereocenters. The summed E-state index contributed by atoms with van der Waals surface area (Å²) in [5, 5.41) is 18.1. The number of hydrogen-bond donors (Lipinski definition) is 0. The molecule has 0 atom stereocenters. The standard InChI is InChI=1S/C17H15N5OS/c1-2-23-15-8-4-3-7-14(15)22-16(13-6-5-10-19-12-13)20-21-17(22)24-11-9-18/h3-8,10,12H,2,11H2,1H3. The predicted molar refractivity (Wildman–Crippen MR) is 92.1 cm³/mol. The third-order valence-corrected chi connectivity index (χ3v) is 4.02. The second-order valence-electron chi connectivity index (χ2n) is 4.73. The van der Waals surface area contributed by atoms with Crippen LogP contribution in [0, 0.1) is 11.3 Å². The average Bonchev–Trinajstić information content (AvgIpc) is 3.05. The van der Waals surface area contributed by atoms with E-state index in [2.05, 4.69) is 21.3 Å². The third-order valence-electron chi connectivity index (χ3n) is 3.22.